The van der Waals surface area contributed by atoms with E-state index in [0.717, 1.165) is 5.56 Å². The summed E-state index contributed by atoms with van der Waals surface area (Å²) in [7, 11) is 0. The number of halogens is 2. The lowest BCUT2D eigenvalue weighted by Gasteiger charge is -2.10. The first-order valence-electron chi connectivity index (χ1n) is 6.58. The van der Waals surface area contributed by atoms with Crippen molar-refractivity contribution in [2.75, 3.05) is 11.9 Å². The van der Waals surface area contributed by atoms with Crippen molar-refractivity contribution in [1.82, 2.24) is 0 Å². The first-order chi connectivity index (χ1) is 10.9. The fourth-order valence-electron chi connectivity index (χ4n) is 1.85. The van der Waals surface area contributed by atoms with Crippen molar-refractivity contribution in [3.05, 3.63) is 57.6 Å². The molecule has 7 heteroatoms. The smallest absolute Gasteiger partial charge is 0.337 e. The average molecular weight is 354 g/mol. The molecular weight excluding hydrogens is 341 g/mol. The number of carbonyl (C=O) groups excluding carboxylic acids is 1. The summed E-state index contributed by atoms with van der Waals surface area (Å²) >= 11 is 11.7. The lowest BCUT2D eigenvalue weighted by molar-refractivity contribution is -0.118. The van der Waals surface area contributed by atoms with Gasteiger partial charge in [0.25, 0.3) is 5.91 Å². The molecule has 0 radical (unpaired) electrons. The van der Waals surface area contributed by atoms with Gasteiger partial charge in [0, 0.05) is 0 Å². The minimum Gasteiger partial charge on any atom is -0.484 e. The molecule has 0 aliphatic carbocycles. The van der Waals surface area contributed by atoms with E-state index in [1.165, 1.54) is 12.1 Å². The summed E-state index contributed by atoms with van der Waals surface area (Å²) in [5.74, 6) is -1.11. The number of nitrogens with one attached hydrogen (secondary N) is 1. The molecule has 23 heavy (non-hydrogen) atoms. The number of amides is 1. The molecule has 0 aliphatic heterocycles. The number of aromatic carboxylic acids is 1. The SMILES string of the molecule is Cc1cccc(OCC(=O)Nc2cc(C(=O)O)c(Cl)cc2Cl)c1. The second kappa shape index (κ2) is 7.35. The van der Waals surface area contributed by atoms with E-state index in [-0.39, 0.29) is 27.9 Å². The number of benzene rings is 2. The Balaban J connectivity index is 2.05. The van der Waals surface area contributed by atoms with Crippen molar-refractivity contribution in [3.63, 3.8) is 0 Å². The van der Waals surface area contributed by atoms with Crippen molar-refractivity contribution >= 4 is 40.8 Å². The molecule has 5 nitrogen and oxygen atoms in total. The maximum atomic E-state index is 11.9. The Morgan fingerprint density at radius 2 is 1.91 bits per heavy atom. The lowest BCUT2D eigenvalue weighted by atomic mass is 10.2. The van der Waals surface area contributed by atoms with Crippen LogP contribution in [-0.2, 0) is 4.79 Å². The van der Waals surface area contributed by atoms with Crippen molar-refractivity contribution < 1.29 is 19.4 Å². The van der Waals surface area contributed by atoms with Crippen LogP contribution in [0.1, 0.15) is 15.9 Å². The van der Waals surface area contributed by atoms with E-state index in [1.807, 2.05) is 19.1 Å². The largest absolute Gasteiger partial charge is 0.484 e. The fourth-order valence-corrected chi connectivity index (χ4v) is 2.36. The summed E-state index contributed by atoms with van der Waals surface area (Å²) in [5, 5.41) is 11.7. The second-order valence-electron chi connectivity index (χ2n) is 4.77. The Labute approximate surface area is 142 Å². The van der Waals surface area contributed by atoms with Crippen LogP contribution >= 0.6 is 23.2 Å². The highest BCUT2D eigenvalue weighted by molar-refractivity contribution is 6.38. The molecule has 0 saturated heterocycles. The maximum Gasteiger partial charge on any atom is 0.337 e. The highest BCUT2D eigenvalue weighted by atomic mass is 35.5. The average Bonchev–Trinajstić information content (AvgIpc) is 2.47. The summed E-state index contributed by atoms with van der Waals surface area (Å²) in [5.41, 5.74) is 1.02. The van der Waals surface area contributed by atoms with Crippen LogP contribution in [0.15, 0.2) is 36.4 Å². The Morgan fingerprint density at radius 1 is 1.17 bits per heavy atom. The fraction of sp³-hybridized carbons (Fsp3) is 0.125. The van der Waals surface area contributed by atoms with Gasteiger partial charge in [-0.05, 0) is 36.8 Å². The van der Waals surface area contributed by atoms with Crippen LogP contribution in [0.2, 0.25) is 10.0 Å². The normalized spacial score (nSPS) is 10.2. The molecule has 0 saturated carbocycles. The minimum atomic E-state index is -1.21. The number of ether oxygens (including phenoxy) is 1. The third kappa shape index (κ3) is 4.61. The van der Waals surface area contributed by atoms with Crippen molar-refractivity contribution in [2.45, 2.75) is 6.92 Å². The highest BCUT2D eigenvalue weighted by Crippen LogP contribution is 2.29. The number of aryl methyl sites for hydroxylation is 1. The summed E-state index contributed by atoms with van der Waals surface area (Å²) in [4.78, 5) is 23.0. The van der Waals surface area contributed by atoms with Gasteiger partial charge in [0.1, 0.15) is 5.75 Å². The van der Waals surface area contributed by atoms with E-state index in [2.05, 4.69) is 5.32 Å². The summed E-state index contributed by atoms with van der Waals surface area (Å²) in [6.07, 6.45) is 0. The molecule has 2 aromatic carbocycles. The molecule has 0 atom stereocenters. The van der Waals surface area contributed by atoms with Crippen LogP contribution in [0.5, 0.6) is 5.75 Å². The van der Waals surface area contributed by atoms with Gasteiger partial charge in [0.05, 0.1) is 21.3 Å². The molecule has 120 valence electrons. The van der Waals surface area contributed by atoms with Gasteiger partial charge >= 0.3 is 5.97 Å². The van der Waals surface area contributed by atoms with E-state index >= 15 is 0 Å². The molecule has 0 heterocycles. The highest BCUT2D eigenvalue weighted by Gasteiger charge is 2.14. The van der Waals surface area contributed by atoms with Crippen LogP contribution in [0.25, 0.3) is 0 Å². The van der Waals surface area contributed by atoms with Gasteiger partial charge in [-0.25, -0.2) is 4.79 Å². The molecule has 0 bridgehead atoms. The number of carboxylic acids is 1. The second-order valence-corrected chi connectivity index (χ2v) is 5.58. The topological polar surface area (TPSA) is 75.6 Å². The summed E-state index contributed by atoms with van der Waals surface area (Å²) < 4.78 is 5.36. The van der Waals surface area contributed by atoms with Gasteiger partial charge in [-0.1, -0.05) is 35.3 Å². The number of carboxylic acid groups (broad SMARTS) is 1. The Bertz CT molecular complexity index is 762. The zero-order chi connectivity index (χ0) is 17.0. The van der Waals surface area contributed by atoms with E-state index < -0.39 is 11.9 Å². The van der Waals surface area contributed by atoms with Crippen molar-refractivity contribution in [3.8, 4) is 5.75 Å². The predicted molar refractivity (Wildman–Crippen MR) is 88.7 cm³/mol. The monoisotopic (exact) mass is 353 g/mol. The Kier molecular flexibility index (Phi) is 5.47. The molecule has 2 rings (SSSR count). The third-order valence-electron chi connectivity index (χ3n) is 2.92. The number of hydrogen-bond donors (Lipinski definition) is 2. The van der Waals surface area contributed by atoms with Crippen molar-refractivity contribution in [2.24, 2.45) is 0 Å². The van der Waals surface area contributed by atoms with E-state index in [9.17, 15) is 9.59 Å². The summed E-state index contributed by atoms with van der Waals surface area (Å²) in [6.45, 7) is 1.68. The van der Waals surface area contributed by atoms with Gasteiger partial charge in [0.2, 0.25) is 0 Å². The third-order valence-corrected chi connectivity index (χ3v) is 3.55. The molecule has 0 unspecified atom stereocenters. The molecule has 0 aromatic heterocycles. The van der Waals surface area contributed by atoms with E-state index in [4.69, 9.17) is 33.0 Å². The van der Waals surface area contributed by atoms with E-state index in [1.54, 1.807) is 12.1 Å². The van der Waals surface area contributed by atoms with Gasteiger partial charge in [0.15, 0.2) is 6.61 Å². The zero-order valence-corrected chi connectivity index (χ0v) is 13.6. The Hall–Kier alpha value is -2.24. The number of hydrogen-bond acceptors (Lipinski definition) is 3. The quantitative estimate of drug-likeness (QED) is 0.851. The van der Waals surface area contributed by atoms with Crippen LogP contribution in [0, 0.1) is 6.92 Å². The number of anilines is 1. The standard InChI is InChI=1S/C16H13Cl2NO4/c1-9-3-2-4-10(5-9)23-8-15(20)19-14-6-11(16(21)22)12(17)7-13(14)18/h2-7H,8H2,1H3,(H,19,20)(H,21,22). The number of carbonyl (C=O) groups is 2. The summed E-state index contributed by atoms with van der Waals surface area (Å²) in [6, 6.07) is 9.73. The number of rotatable bonds is 5. The zero-order valence-electron chi connectivity index (χ0n) is 12.1. The van der Waals surface area contributed by atoms with Crippen molar-refractivity contribution in [1.29, 1.82) is 0 Å². The molecule has 2 aromatic rings. The molecule has 0 aliphatic rings. The molecular formula is C16H13Cl2NO4. The van der Waals surface area contributed by atoms with Crippen LogP contribution in [0.4, 0.5) is 5.69 Å². The van der Waals surface area contributed by atoms with Gasteiger partial charge in [-0.15, -0.1) is 0 Å². The van der Waals surface area contributed by atoms with Crippen LogP contribution < -0.4 is 10.1 Å². The van der Waals surface area contributed by atoms with Crippen LogP contribution in [-0.4, -0.2) is 23.6 Å². The minimum absolute atomic E-state index is 0.00323. The molecule has 0 spiro atoms. The van der Waals surface area contributed by atoms with Crippen LogP contribution in [0.3, 0.4) is 0 Å². The van der Waals surface area contributed by atoms with Gasteiger partial charge in [-0.3, -0.25) is 4.79 Å². The maximum absolute atomic E-state index is 11.9. The molecule has 2 N–H and O–H groups in total. The van der Waals surface area contributed by atoms with Gasteiger partial charge < -0.3 is 15.2 Å². The molecule has 0 fully saturated rings. The van der Waals surface area contributed by atoms with E-state index in [0.29, 0.717) is 5.75 Å². The lowest BCUT2D eigenvalue weighted by Crippen LogP contribution is -2.20. The molecule has 1 amide bonds. The predicted octanol–water partition coefficient (Wildman–Crippen LogP) is 4.02. The first kappa shape index (κ1) is 17.1. The van der Waals surface area contributed by atoms with Gasteiger partial charge in [-0.2, -0.15) is 0 Å². The first-order valence-corrected chi connectivity index (χ1v) is 7.34. The Morgan fingerprint density at radius 3 is 2.57 bits per heavy atom.